The molecule has 1 aromatic carbocycles. The average Bonchev–Trinajstić information content (AvgIpc) is 3.33. The molecule has 1 fully saturated rings. The van der Waals surface area contributed by atoms with Crippen LogP contribution in [-0.4, -0.2) is 43.1 Å². The van der Waals surface area contributed by atoms with Crippen molar-refractivity contribution in [3.8, 4) is 17.4 Å². The monoisotopic (exact) mass is 373 g/mol. The van der Waals surface area contributed by atoms with Gasteiger partial charge in [-0.3, -0.25) is 0 Å². The fourth-order valence-electron chi connectivity index (χ4n) is 3.15. The van der Waals surface area contributed by atoms with Gasteiger partial charge in [-0.1, -0.05) is 0 Å². The Morgan fingerprint density at radius 2 is 1.96 bits per heavy atom. The third-order valence-electron chi connectivity index (χ3n) is 4.62. The molecule has 26 heavy (non-hydrogen) atoms. The van der Waals surface area contributed by atoms with Crippen LogP contribution in [0.25, 0.3) is 11.7 Å². The largest absolute Gasteiger partial charge is 0.497 e. The van der Waals surface area contributed by atoms with Gasteiger partial charge in [0.15, 0.2) is 12.4 Å². The highest BCUT2D eigenvalue weighted by atomic mass is 32.1. The first kappa shape index (κ1) is 16.9. The smallest absolute Gasteiger partial charge is 0.292 e. The first-order valence-electron chi connectivity index (χ1n) is 8.57. The summed E-state index contributed by atoms with van der Waals surface area (Å²) in [6, 6.07) is 11.8. The molecule has 0 bridgehead atoms. The van der Waals surface area contributed by atoms with Crippen LogP contribution in [0.2, 0.25) is 0 Å². The standard InChI is InChI=1S/C18H20N4O3S/c1-23-15-6-4-14(5-7-15)21-10-8-20(9-11-21)13-22-18(26)25-17(19-22)16-3-2-12-24-16/h2-7,12H,8-11,13H2,1H3/p+1. The number of benzene rings is 1. The Balaban J connectivity index is 1.37. The van der Waals surface area contributed by atoms with Gasteiger partial charge in [-0.2, -0.15) is 4.68 Å². The fourth-order valence-corrected chi connectivity index (χ4v) is 3.33. The molecule has 0 spiro atoms. The maximum absolute atomic E-state index is 5.55. The molecule has 0 unspecified atom stereocenters. The Morgan fingerprint density at radius 1 is 1.19 bits per heavy atom. The maximum atomic E-state index is 5.55. The van der Waals surface area contributed by atoms with Crippen molar-refractivity contribution in [2.45, 2.75) is 6.67 Å². The van der Waals surface area contributed by atoms with E-state index in [9.17, 15) is 0 Å². The van der Waals surface area contributed by atoms with Gasteiger partial charge in [-0.15, -0.1) is 5.10 Å². The van der Waals surface area contributed by atoms with Gasteiger partial charge < -0.3 is 23.4 Å². The number of ether oxygens (including phenoxy) is 1. The summed E-state index contributed by atoms with van der Waals surface area (Å²) in [4.78, 5) is 4.19. The van der Waals surface area contributed by atoms with E-state index in [0.717, 1.165) is 31.9 Å². The number of rotatable bonds is 5. The molecule has 136 valence electrons. The molecule has 7 nitrogen and oxygen atoms in total. The van der Waals surface area contributed by atoms with Crippen LogP contribution < -0.4 is 14.5 Å². The summed E-state index contributed by atoms with van der Waals surface area (Å²) < 4.78 is 17.8. The van der Waals surface area contributed by atoms with Crippen LogP contribution >= 0.6 is 12.2 Å². The lowest BCUT2D eigenvalue weighted by atomic mass is 10.2. The van der Waals surface area contributed by atoms with Crippen molar-refractivity contribution in [1.29, 1.82) is 0 Å². The van der Waals surface area contributed by atoms with Crippen molar-refractivity contribution < 1.29 is 18.5 Å². The number of nitrogens with zero attached hydrogens (tertiary/aromatic N) is 3. The first-order valence-corrected chi connectivity index (χ1v) is 8.98. The topological polar surface area (TPSA) is 61.0 Å². The van der Waals surface area contributed by atoms with Crippen molar-refractivity contribution >= 4 is 17.9 Å². The minimum Gasteiger partial charge on any atom is -0.497 e. The number of furan rings is 1. The number of methoxy groups -OCH3 is 1. The number of hydrogen-bond acceptors (Lipinski definition) is 6. The average molecular weight is 373 g/mol. The van der Waals surface area contributed by atoms with Crippen LogP contribution in [0.15, 0.2) is 51.5 Å². The van der Waals surface area contributed by atoms with E-state index >= 15 is 0 Å². The van der Waals surface area contributed by atoms with Crippen LogP contribution in [0, 0.1) is 4.84 Å². The minimum absolute atomic E-state index is 0.376. The van der Waals surface area contributed by atoms with Gasteiger partial charge in [0.25, 0.3) is 10.7 Å². The second kappa shape index (κ2) is 7.35. The zero-order chi connectivity index (χ0) is 17.9. The van der Waals surface area contributed by atoms with Crippen LogP contribution in [0.3, 0.4) is 0 Å². The fraction of sp³-hybridized carbons (Fsp3) is 0.333. The minimum atomic E-state index is 0.376. The lowest BCUT2D eigenvalue weighted by Gasteiger charge is -2.33. The van der Waals surface area contributed by atoms with Crippen LogP contribution in [0.4, 0.5) is 5.69 Å². The summed E-state index contributed by atoms with van der Waals surface area (Å²) in [7, 11) is 1.68. The Labute approximate surface area is 156 Å². The number of quaternary nitrogens is 1. The number of anilines is 1. The predicted octanol–water partition coefficient (Wildman–Crippen LogP) is 1.84. The molecule has 1 N–H and O–H groups in total. The predicted molar refractivity (Wildman–Crippen MR) is 98.9 cm³/mol. The third-order valence-corrected chi connectivity index (χ3v) is 4.91. The second-order valence-corrected chi connectivity index (χ2v) is 6.59. The molecular weight excluding hydrogens is 352 g/mol. The summed E-state index contributed by atoms with van der Waals surface area (Å²) in [6.07, 6.45) is 1.59. The van der Waals surface area contributed by atoms with E-state index in [1.54, 1.807) is 24.1 Å². The van der Waals surface area contributed by atoms with Crippen molar-refractivity contribution in [2.24, 2.45) is 0 Å². The zero-order valence-electron chi connectivity index (χ0n) is 14.6. The Hall–Kier alpha value is -2.58. The van der Waals surface area contributed by atoms with Crippen molar-refractivity contribution in [1.82, 2.24) is 9.78 Å². The van der Waals surface area contributed by atoms with Crippen LogP contribution in [-0.2, 0) is 6.67 Å². The van der Waals surface area contributed by atoms with Crippen molar-refractivity contribution in [2.75, 3.05) is 38.2 Å². The summed E-state index contributed by atoms with van der Waals surface area (Å²) in [5, 5.41) is 4.45. The molecule has 3 heterocycles. The molecule has 0 atom stereocenters. The normalized spacial score (nSPS) is 15.3. The van der Waals surface area contributed by atoms with Gasteiger partial charge in [-0.25, -0.2) is 0 Å². The zero-order valence-corrected chi connectivity index (χ0v) is 15.4. The van der Waals surface area contributed by atoms with Gasteiger partial charge in [0.05, 0.1) is 39.6 Å². The van der Waals surface area contributed by atoms with Gasteiger partial charge in [0.1, 0.15) is 5.75 Å². The second-order valence-electron chi connectivity index (χ2n) is 6.24. The molecule has 1 saturated heterocycles. The van der Waals surface area contributed by atoms with Crippen molar-refractivity contribution in [3.05, 3.63) is 47.5 Å². The molecule has 3 aromatic rings. The van der Waals surface area contributed by atoms with E-state index in [-0.39, 0.29) is 0 Å². The van der Waals surface area contributed by atoms with E-state index in [2.05, 4.69) is 22.1 Å². The van der Waals surface area contributed by atoms with E-state index in [4.69, 9.17) is 25.8 Å². The molecule has 4 rings (SSSR count). The summed E-state index contributed by atoms with van der Waals surface area (Å²) in [5.41, 5.74) is 1.23. The van der Waals surface area contributed by atoms with E-state index in [1.807, 2.05) is 18.2 Å². The van der Waals surface area contributed by atoms with Crippen LogP contribution in [0.5, 0.6) is 5.75 Å². The molecule has 0 aliphatic carbocycles. The molecule has 8 heteroatoms. The molecule has 2 aromatic heterocycles. The Morgan fingerprint density at radius 3 is 2.62 bits per heavy atom. The lowest BCUT2D eigenvalue weighted by molar-refractivity contribution is -0.924. The third kappa shape index (κ3) is 3.51. The molecule has 0 radical (unpaired) electrons. The molecule has 1 aliphatic rings. The number of piperazine rings is 1. The summed E-state index contributed by atoms with van der Waals surface area (Å²) >= 11 is 5.30. The highest BCUT2D eigenvalue weighted by Crippen LogP contribution is 2.19. The van der Waals surface area contributed by atoms with E-state index in [0.29, 0.717) is 23.2 Å². The maximum Gasteiger partial charge on any atom is 0.292 e. The number of aromatic nitrogens is 2. The molecule has 0 saturated carbocycles. The van der Waals surface area contributed by atoms with E-state index in [1.165, 1.54) is 10.6 Å². The first-order chi connectivity index (χ1) is 12.7. The van der Waals surface area contributed by atoms with Crippen molar-refractivity contribution in [3.63, 3.8) is 0 Å². The molecular formula is C18H21N4O3S+. The quantitative estimate of drug-likeness (QED) is 0.689. The molecule has 0 amide bonds. The van der Waals surface area contributed by atoms with Gasteiger partial charge >= 0.3 is 0 Å². The summed E-state index contributed by atoms with van der Waals surface area (Å²) in [5.74, 6) is 1.90. The number of hydrogen-bond donors (Lipinski definition) is 1. The molecule has 1 aliphatic heterocycles. The van der Waals surface area contributed by atoms with E-state index < -0.39 is 0 Å². The van der Waals surface area contributed by atoms with Gasteiger partial charge in [-0.05, 0) is 48.6 Å². The SMILES string of the molecule is COc1ccc(N2CC[NH+](Cn3nc(-c4ccco4)oc3=S)CC2)cc1. The summed E-state index contributed by atoms with van der Waals surface area (Å²) in [6.45, 7) is 4.68. The van der Waals surface area contributed by atoms with Crippen LogP contribution in [0.1, 0.15) is 0 Å². The highest BCUT2D eigenvalue weighted by Gasteiger charge is 2.22. The highest BCUT2D eigenvalue weighted by molar-refractivity contribution is 7.71. The Kier molecular flexibility index (Phi) is 4.77. The lowest BCUT2D eigenvalue weighted by Crippen LogP contribution is -3.14. The number of nitrogens with one attached hydrogen (secondary N) is 1. The Bertz CT molecular complexity index is 893. The van der Waals surface area contributed by atoms with Gasteiger partial charge in [0, 0.05) is 5.69 Å². The van der Waals surface area contributed by atoms with Gasteiger partial charge in [0.2, 0.25) is 0 Å².